The summed E-state index contributed by atoms with van der Waals surface area (Å²) in [5.41, 5.74) is 1.72. The lowest BCUT2D eigenvalue weighted by molar-refractivity contribution is -0.128. The molecule has 2 aromatic rings. The van der Waals surface area contributed by atoms with Crippen LogP contribution in [0.4, 0.5) is 4.79 Å². The van der Waals surface area contributed by atoms with Crippen LogP contribution in [-0.2, 0) is 22.6 Å². The Morgan fingerprint density at radius 3 is 2.69 bits per heavy atom. The first-order chi connectivity index (χ1) is 14.1. The maximum absolute atomic E-state index is 12.5. The monoisotopic (exact) mass is 396 g/mol. The summed E-state index contributed by atoms with van der Waals surface area (Å²) >= 11 is 0. The molecular formula is C21H24N4O4. The van der Waals surface area contributed by atoms with Crippen LogP contribution in [0.2, 0.25) is 0 Å². The van der Waals surface area contributed by atoms with Crippen molar-refractivity contribution in [1.82, 2.24) is 20.5 Å². The average molecular weight is 396 g/mol. The summed E-state index contributed by atoms with van der Waals surface area (Å²) in [6, 6.07) is 11.7. The van der Waals surface area contributed by atoms with Gasteiger partial charge in [-0.2, -0.15) is 0 Å². The number of benzene rings is 1. The number of hydrogen-bond acceptors (Lipinski definition) is 5. The third kappa shape index (κ3) is 5.54. The molecule has 29 heavy (non-hydrogen) atoms. The Labute approximate surface area is 169 Å². The summed E-state index contributed by atoms with van der Waals surface area (Å²) < 4.78 is 5.10. The molecule has 4 amide bonds. The lowest BCUT2D eigenvalue weighted by Crippen LogP contribution is -2.33. The van der Waals surface area contributed by atoms with Crippen LogP contribution in [-0.4, -0.2) is 47.4 Å². The molecule has 1 aliphatic heterocycles. The fourth-order valence-electron chi connectivity index (χ4n) is 3.08. The van der Waals surface area contributed by atoms with E-state index in [-0.39, 0.29) is 31.2 Å². The first kappa shape index (κ1) is 20.3. The summed E-state index contributed by atoms with van der Waals surface area (Å²) in [4.78, 5) is 42.1. The van der Waals surface area contributed by atoms with Crippen molar-refractivity contribution in [1.29, 1.82) is 0 Å². The summed E-state index contributed by atoms with van der Waals surface area (Å²) in [5, 5.41) is 5.47. The van der Waals surface area contributed by atoms with Gasteiger partial charge >= 0.3 is 6.03 Å². The Balaban J connectivity index is 1.43. The van der Waals surface area contributed by atoms with Gasteiger partial charge in [0.05, 0.1) is 13.7 Å². The molecule has 0 radical (unpaired) electrons. The van der Waals surface area contributed by atoms with Gasteiger partial charge in [0.2, 0.25) is 5.91 Å². The number of aromatic nitrogens is 1. The minimum Gasteiger partial charge on any atom is -0.497 e. The van der Waals surface area contributed by atoms with E-state index in [0.717, 1.165) is 11.3 Å². The van der Waals surface area contributed by atoms with E-state index >= 15 is 0 Å². The van der Waals surface area contributed by atoms with Gasteiger partial charge in [0.15, 0.2) is 0 Å². The lowest BCUT2D eigenvalue weighted by atomic mass is 10.1. The van der Waals surface area contributed by atoms with E-state index < -0.39 is 12.1 Å². The standard InChI is InChI=1S/C21H24N4O4/c1-29-17-7-5-15(6-8-17)14-25-20(27)18(24-21(25)28)9-10-19(26)23-13-11-16-4-2-3-12-22-16/h2-8,12,18H,9-11,13-14H2,1H3,(H,23,26)(H,24,28). The second-order valence-electron chi connectivity index (χ2n) is 6.73. The Morgan fingerprint density at radius 2 is 2.00 bits per heavy atom. The van der Waals surface area contributed by atoms with Gasteiger partial charge in [-0.3, -0.25) is 19.5 Å². The molecule has 1 saturated heterocycles. The Kier molecular flexibility index (Phi) is 6.78. The van der Waals surface area contributed by atoms with E-state index in [2.05, 4.69) is 15.6 Å². The molecule has 1 fully saturated rings. The number of nitrogens with zero attached hydrogens (tertiary/aromatic N) is 2. The highest BCUT2D eigenvalue weighted by atomic mass is 16.5. The first-order valence-electron chi connectivity index (χ1n) is 9.48. The summed E-state index contributed by atoms with van der Waals surface area (Å²) in [6.07, 6.45) is 2.78. The number of nitrogens with one attached hydrogen (secondary N) is 2. The number of methoxy groups -OCH3 is 1. The van der Waals surface area contributed by atoms with Crippen molar-refractivity contribution in [2.24, 2.45) is 0 Å². The molecule has 152 valence electrons. The topological polar surface area (TPSA) is 101 Å². The highest BCUT2D eigenvalue weighted by molar-refractivity contribution is 6.04. The fraction of sp³-hybridized carbons (Fsp3) is 0.333. The van der Waals surface area contributed by atoms with Gasteiger partial charge in [-0.15, -0.1) is 0 Å². The number of carbonyl (C=O) groups is 3. The molecule has 8 heteroatoms. The van der Waals surface area contributed by atoms with Crippen LogP contribution in [0.5, 0.6) is 5.75 Å². The average Bonchev–Trinajstić information content (AvgIpc) is 3.01. The van der Waals surface area contributed by atoms with Gasteiger partial charge in [0, 0.05) is 31.3 Å². The molecule has 1 aromatic carbocycles. The zero-order valence-electron chi connectivity index (χ0n) is 16.3. The van der Waals surface area contributed by atoms with Crippen LogP contribution in [0, 0.1) is 0 Å². The summed E-state index contributed by atoms with van der Waals surface area (Å²) in [5.74, 6) is 0.238. The Morgan fingerprint density at radius 1 is 1.21 bits per heavy atom. The minimum absolute atomic E-state index is 0.156. The van der Waals surface area contributed by atoms with E-state index in [1.807, 2.05) is 30.3 Å². The van der Waals surface area contributed by atoms with E-state index in [1.54, 1.807) is 25.4 Å². The number of pyridine rings is 1. The molecule has 8 nitrogen and oxygen atoms in total. The number of carbonyl (C=O) groups excluding carboxylic acids is 3. The zero-order chi connectivity index (χ0) is 20.6. The molecule has 1 atom stereocenters. The highest BCUT2D eigenvalue weighted by Crippen LogP contribution is 2.17. The van der Waals surface area contributed by atoms with Crippen molar-refractivity contribution < 1.29 is 19.1 Å². The van der Waals surface area contributed by atoms with E-state index in [0.29, 0.717) is 18.7 Å². The predicted molar refractivity (Wildman–Crippen MR) is 106 cm³/mol. The Hall–Kier alpha value is -3.42. The number of rotatable bonds is 9. The first-order valence-corrected chi connectivity index (χ1v) is 9.48. The molecule has 0 saturated carbocycles. The van der Waals surface area contributed by atoms with Crippen LogP contribution < -0.4 is 15.4 Å². The molecule has 1 aliphatic rings. The quantitative estimate of drug-likeness (QED) is 0.628. The molecule has 2 heterocycles. The van der Waals surface area contributed by atoms with Crippen LogP contribution >= 0.6 is 0 Å². The van der Waals surface area contributed by atoms with Gasteiger partial charge in [0.25, 0.3) is 5.91 Å². The SMILES string of the molecule is COc1ccc(CN2C(=O)NC(CCC(=O)NCCc3ccccn3)C2=O)cc1. The van der Waals surface area contributed by atoms with Crippen molar-refractivity contribution in [3.8, 4) is 5.75 Å². The molecule has 1 aromatic heterocycles. The zero-order valence-corrected chi connectivity index (χ0v) is 16.3. The molecular weight excluding hydrogens is 372 g/mol. The van der Waals surface area contributed by atoms with Crippen molar-refractivity contribution >= 4 is 17.8 Å². The largest absolute Gasteiger partial charge is 0.497 e. The number of imide groups is 1. The molecule has 1 unspecified atom stereocenters. The van der Waals surface area contributed by atoms with E-state index in [9.17, 15) is 14.4 Å². The van der Waals surface area contributed by atoms with Crippen LogP contribution in [0.1, 0.15) is 24.1 Å². The third-order valence-corrected chi connectivity index (χ3v) is 4.70. The van der Waals surface area contributed by atoms with Crippen LogP contribution in [0.15, 0.2) is 48.7 Å². The van der Waals surface area contributed by atoms with Crippen LogP contribution in [0.3, 0.4) is 0 Å². The predicted octanol–water partition coefficient (Wildman–Crippen LogP) is 1.65. The summed E-state index contributed by atoms with van der Waals surface area (Å²) in [7, 11) is 1.58. The second-order valence-corrected chi connectivity index (χ2v) is 6.73. The van der Waals surface area contributed by atoms with Crippen molar-refractivity contribution in [3.63, 3.8) is 0 Å². The molecule has 0 spiro atoms. The van der Waals surface area contributed by atoms with Gasteiger partial charge in [-0.1, -0.05) is 18.2 Å². The van der Waals surface area contributed by atoms with Crippen molar-refractivity contribution in [2.45, 2.75) is 31.8 Å². The van der Waals surface area contributed by atoms with Crippen LogP contribution in [0.25, 0.3) is 0 Å². The number of amides is 4. The fourth-order valence-corrected chi connectivity index (χ4v) is 3.08. The molecule has 0 bridgehead atoms. The van der Waals surface area contributed by atoms with Gasteiger partial charge < -0.3 is 15.4 Å². The third-order valence-electron chi connectivity index (χ3n) is 4.70. The normalized spacial score (nSPS) is 15.9. The van der Waals surface area contributed by atoms with Gasteiger partial charge in [-0.25, -0.2) is 4.79 Å². The highest BCUT2D eigenvalue weighted by Gasteiger charge is 2.37. The van der Waals surface area contributed by atoms with Crippen molar-refractivity contribution in [2.75, 3.05) is 13.7 Å². The maximum Gasteiger partial charge on any atom is 0.325 e. The van der Waals surface area contributed by atoms with E-state index in [4.69, 9.17) is 4.74 Å². The Bertz CT molecular complexity index is 855. The number of hydrogen-bond donors (Lipinski definition) is 2. The van der Waals surface area contributed by atoms with E-state index in [1.165, 1.54) is 4.90 Å². The minimum atomic E-state index is -0.678. The van der Waals surface area contributed by atoms with Crippen molar-refractivity contribution in [3.05, 3.63) is 59.9 Å². The van der Waals surface area contributed by atoms with Gasteiger partial charge in [0.1, 0.15) is 11.8 Å². The smallest absolute Gasteiger partial charge is 0.325 e. The van der Waals surface area contributed by atoms with Gasteiger partial charge in [-0.05, 0) is 36.2 Å². The second kappa shape index (κ2) is 9.68. The lowest BCUT2D eigenvalue weighted by Gasteiger charge is -2.13. The molecule has 3 rings (SSSR count). The molecule has 2 N–H and O–H groups in total. The number of ether oxygens (including phenoxy) is 1. The molecule has 0 aliphatic carbocycles. The maximum atomic E-state index is 12.5. The number of urea groups is 1. The summed E-state index contributed by atoms with van der Waals surface area (Å²) in [6.45, 7) is 0.659.